The Bertz CT molecular complexity index is 1000. The summed E-state index contributed by atoms with van der Waals surface area (Å²) in [6.45, 7) is 1.76. The number of benzene rings is 1. The molecule has 0 radical (unpaired) electrons. The predicted molar refractivity (Wildman–Crippen MR) is 111 cm³/mol. The molecular weight excluding hydrogens is 398 g/mol. The number of furan rings is 1. The second-order valence-corrected chi connectivity index (χ2v) is 7.57. The number of amides is 1. The molecular formula is C22H25N5O4. The summed E-state index contributed by atoms with van der Waals surface area (Å²) >= 11 is 0. The van der Waals surface area contributed by atoms with Crippen LogP contribution < -0.4 is 5.32 Å². The zero-order valence-electron chi connectivity index (χ0n) is 17.3. The molecule has 9 heteroatoms. The van der Waals surface area contributed by atoms with Crippen LogP contribution in [0.5, 0.6) is 0 Å². The van der Waals surface area contributed by atoms with Crippen LogP contribution in [0.2, 0.25) is 0 Å². The number of carbonyl (C=O) groups excluding carboxylic acids is 2. The van der Waals surface area contributed by atoms with E-state index in [4.69, 9.17) is 9.15 Å². The van der Waals surface area contributed by atoms with Crippen LogP contribution in [0.1, 0.15) is 34.1 Å². The van der Waals surface area contributed by atoms with E-state index in [2.05, 4.69) is 20.5 Å². The van der Waals surface area contributed by atoms with Crippen LogP contribution in [0.4, 0.5) is 0 Å². The van der Waals surface area contributed by atoms with Gasteiger partial charge in [0.1, 0.15) is 0 Å². The zero-order valence-corrected chi connectivity index (χ0v) is 17.3. The van der Waals surface area contributed by atoms with Gasteiger partial charge in [0.2, 0.25) is 5.91 Å². The van der Waals surface area contributed by atoms with Crippen molar-refractivity contribution in [1.29, 1.82) is 0 Å². The number of methoxy groups -OCH3 is 1. The molecule has 0 bridgehead atoms. The highest BCUT2D eigenvalue weighted by atomic mass is 16.5. The number of hydrogen-bond acceptors (Lipinski definition) is 7. The van der Waals surface area contributed by atoms with Gasteiger partial charge in [-0.25, -0.2) is 9.48 Å². The van der Waals surface area contributed by atoms with E-state index in [1.165, 1.54) is 12.7 Å². The predicted octanol–water partition coefficient (Wildman–Crippen LogP) is 1.83. The summed E-state index contributed by atoms with van der Waals surface area (Å²) < 4.78 is 11.5. The van der Waals surface area contributed by atoms with Gasteiger partial charge in [-0.2, -0.15) is 0 Å². The molecule has 1 fully saturated rings. The monoisotopic (exact) mass is 423 g/mol. The summed E-state index contributed by atoms with van der Waals surface area (Å²) in [5.41, 5.74) is 2.33. The lowest BCUT2D eigenvalue weighted by Crippen LogP contribution is -2.43. The molecule has 1 aliphatic rings. The van der Waals surface area contributed by atoms with Crippen molar-refractivity contribution in [3.8, 4) is 0 Å². The van der Waals surface area contributed by atoms with Crippen LogP contribution in [0, 0.1) is 0 Å². The molecule has 0 spiro atoms. The van der Waals surface area contributed by atoms with Crippen molar-refractivity contribution in [2.75, 3.05) is 20.2 Å². The summed E-state index contributed by atoms with van der Waals surface area (Å²) in [6.07, 6.45) is 6.22. The third-order valence-corrected chi connectivity index (χ3v) is 5.48. The first kappa shape index (κ1) is 20.8. The molecule has 1 N–H and O–H groups in total. The van der Waals surface area contributed by atoms with E-state index in [1.807, 2.05) is 36.4 Å². The van der Waals surface area contributed by atoms with Gasteiger partial charge in [0.15, 0.2) is 5.69 Å². The van der Waals surface area contributed by atoms with E-state index >= 15 is 0 Å². The number of esters is 1. The normalized spacial score (nSPS) is 18.7. The maximum atomic E-state index is 13.0. The average Bonchev–Trinajstić information content (AvgIpc) is 3.55. The minimum absolute atomic E-state index is 0.0183. The van der Waals surface area contributed by atoms with Gasteiger partial charge >= 0.3 is 5.97 Å². The third-order valence-electron chi connectivity index (χ3n) is 5.48. The minimum Gasteiger partial charge on any atom is -0.472 e. The molecule has 1 aromatic carbocycles. The van der Waals surface area contributed by atoms with Crippen LogP contribution in [-0.4, -0.2) is 58.0 Å². The van der Waals surface area contributed by atoms with Crippen molar-refractivity contribution in [3.63, 3.8) is 0 Å². The number of hydrogen-bond donors (Lipinski definition) is 1. The Labute approximate surface area is 180 Å². The SMILES string of the molecule is COC(=O)c1cn([C@H]2C[C@@H](C(=O)NCCc3ccccc3)N(Cc3ccoc3)C2)nn1. The lowest BCUT2D eigenvalue weighted by atomic mass is 10.1. The molecule has 3 heterocycles. The first-order valence-corrected chi connectivity index (χ1v) is 10.2. The number of nitrogens with zero attached hydrogens (tertiary/aromatic N) is 4. The molecule has 0 aliphatic carbocycles. The van der Waals surface area contributed by atoms with Gasteiger partial charge in [-0.1, -0.05) is 35.5 Å². The Kier molecular flexibility index (Phi) is 6.42. The number of nitrogens with one attached hydrogen (secondary N) is 1. The summed E-state index contributed by atoms with van der Waals surface area (Å²) in [7, 11) is 1.30. The van der Waals surface area contributed by atoms with Gasteiger partial charge in [0, 0.05) is 25.2 Å². The van der Waals surface area contributed by atoms with Crippen LogP contribution in [0.25, 0.3) is 0 Å². The summed E-state index contributed by atoms with van der Waals surface area (Å²) in [6, 6.07) is 11.5. The molecule has 2 aromatic heterocycles. The molecule has 2 atom stereocenters. The highest BCUT2D eigenvalue weighted by Crippen LogP contribution is 2.29. The quantitative estimate of drug-likeness (QED) is 0.552. The minimum atomic E-state index is -0.533. The maximum absolute atomic E-state index is 13.0. The highest BCUT2D eigenvalue weighted by Gasteiger charge is 2.38. The number of rotatable bonds is 8. The lowest BCUT2D eigenvalue weighted by molar-refractivity contribution is -0.125. The Morgan fingerprint density at radius 1 is 1.23 bits per heavy atom. The van der Waals surface area contributed by atoms with Gasteiger partial charge in [0.05, 0.1) is 37.9 Å². The summed E-state index contributed by atoms with van der Waals surface area (Å²) in [5, 5.41) is 11.0. The number of carbonyl (C=O) groups is 2. The molecule has 1 aliphatic heterocycles. The molecule has 31 heavy (non-hydrogen) atoms. The number of ether oxygens (including phenoxy) is 1. The largest absolute Gasteiger partial charge is 0.472 e. The van der Waals surface area contributed by atoms with Gasteiger partial charge in [-0.15, -0.1) is 5.10 Å². The Morgan fingerprint density at radius 3 is 2.81 bits per heavy atom. The molecule has 1 saturated heterocycles. The van der Waals surface area contributed by atoms with Crippen LogP contribution in [0.15, 0.2) is 59.5 Å². The zero-order chi connectivity index (χ0) is 21.6. The van der Waals surface area contributed by atoms with Crippen LogP contribution in [0.3, 0.4) is 0 Å². The van der Waals surface area contributed by atoms with Crippen molar-refractivity contribution < 1.29 is 18.7 Å². The van der Waals surface area contributed by atoms with Crippen molar-refractivity contribution in [1.82, 2.24) is 25.2 Å². The average molecular weight is 423 g/mol. The van der Waals surface area contributed by atoms with Crippen molar-refractivity contribution in [3.05, 3.63) is 71.9 Å². The van der Waals surface area contributed by atoms with E-state index in [9.17, 15) is 9.59 Å². The smallest absolute Gasteiger partial charge is 0.360 e. The van der Waals surface area contributed by atoms with Gasteiger partial charge in [-0.3, -0.25) is 9.69 Å². The molecule has 1 amide bonds. The molecule has 162 valence electrons. The van der Waals surface area contributed by atoms with Gasteiger partial charge in [0.25, 0.3) is 0 Å². The second-order valence-electron chi connectivity index (χ2n) is 7.57. The lowest BCUT2D eigenvalue weighted by Gasteiger charge is -2.22. The summed E-state index contributed by atoms with van der Waals surface area (Å²) in [4.78, 5) is 26.8. The molecule has 3 aromatic rings. The molecule has 0 saturated carbocycles. The van der Waals surface area contributed by atoms with Gasteiger partial charge in [-0.05, 0) is 24.5 Å². The highest BCUT2D eigenvalue weighted by molar-refractivity contribution is 5.86. The molecule has 9 nitrogen and oxygen atoms in total. The van der Waals surface area contributed by atoms with E-state index in [1.54, 1.807) is 23.4 Å². The molecule has 0 unspecified atom stereocenters. The first-order valence-electron chi connectivity index (χ1n) is 10.2. The Hall–Kier alpha value is -3.46. The Balaban J connectivity index is 1.43. The van der Waals surface area contributed by atoms with Crippen LogP contribution >= 0.6 is 0 Å². The summed E-state index contributed by atoms with van der Waals surface area (Å²) in [5.74, 6) is -0.551. The first-order chi connectivity index (χ1) is 15.1. The van der Waals surface area contributed by atoms with E-state index in [-0.39, 0.29) is 23.7 Å². The fourth-order valence-corrected chi connectivity index (χ4v) is 3.88. The number of aromatic nitrogens is 3. The van der Waals surface area contributed by atoms with E-state index < -0.39 is 5.97 Å². The van der Waals surface area contributed by atoms with Crippen LogP contribution in [-0.2, 0) is 22.5 Å². The Morgan fingerprint density at radius 2 is 2.06 bits per heavy atom. The standard InChI is InChI=1S/C22H25N5O4/c1-30-22(29)19-14-27(25-24-19)18-11-20(26(13-18)12-17-8-10-31-15-17)21(28)23-9-7-16-5-3-2-4-6-16/h2-6,8,10,14-15,18,20H,7,9,11-13H2,1H3,(H,23,28)/t18-,20-/m0/s1. The molecule has 4 rings (SSSR count). The van der Waals surface area contributed by atoms with E-state index in [0.717, 1.165) is 12.0 Å². The third kappa shape index (κ3) is 5.00. The van der Waals surface area contributed by atoms with Crippen molar-refractivity contribution in [2.24, 2.45) is 0 Å². The van der Waals surface area contributed by atoms with Crippen molar-refractivity contribution in [2.45, 2.75) is 31.5 Å². The van der Waals surface area contributed by atoms with E-state index in [0.29, 0.717) is 26.1 Å². The maximum Gasteiger partial charge on any atom is 0.360 e. The fourth-order valence-electron chi connectivity index (χ4n) is 3.88. The number of likely N-dealkylation sites (tertiary alicyclic amines) is 1. The second kappa shape index (κ2) is 9.57. The topological polar surface area (TPSA) is 102 Å². The van der Waals surface area contributed by atoms with Crippen molar-refractivity contribution >= 4 is 11.9 Å². The van der Waals surface area contributed by atoms with Gasteiger partial charge < -0.3 is 14.5 Å². The fraction of sp³-hybridized carbons (Fsp3) is 0.364.